The van der Waals surface area contributed by atoms with Crippen molar-refractivity contribution in [2.24, 2.45) is 11.8 Å². The van der Waals surface area contributed by atoms with Gasteiger partial charge in [0.15, 0.2) is 0 Å². The zero-order chi connectivity index (χ0) is 17.2. The zero-order valence-corrected chi connectivity index (χ0v) is 15.8. The number of unbranched alkanes of at least 4 members (excludes halogenated alkanes) is 1. The molecular weight excluding hydrogens is 332 g/mol. The highest BCUT2D eigenvalue weighted by Crippen LogP contribution is 2.63. The molecular formula is C12H29NO7P2. The Hall–Kier alpha value is 0.220. The van der Waals surface area contributed by atoms with Gasteiger partial charge in [-0.25, -0.2) is 9.13 Å². The third kappa shape index (κ3) is 11.7. The van der Waals surface area contributed by atoms with E-state index in [0.29, 0.717) is 6.54 Å². The molecule has 0 saturated heterocycles. The predicted molar refractivity (Wildman–Crippen MR) is 84.1 cm³/mol. The Morgan fingerprint density at radius 1 is 1.05 bits per heavy atom. The van der Waals surface area contributed by atoms with Gasteiger partial charge in [0.05, 0.1) is 13.2 Å². The third-order valence-electron chi connectivity index (χ3n) is 2.15. The topological polar surface area (TPSA) is 103 Å². The summed E-state index contributed by atoms with van der Waals surface area (Å²) in [6.45, 7) is 9.71. The molecule has 0 bridgehead atoms. The van der Waals surface area contributed by atoms with Gasteiger partial charge in [0, 0.05) is 6.54 Å². The van der Waals surface area contributed by atoms with Gasteiger partial charge in [0.25, 0.3) is 0 Å². The van der Waals surface area contributed by atoms with Crippen LogP contribution in [0.25, 0.3) is 0 Å². The van der Waals surface area contributed by atoms with E-state index < -0.39 is 15.6 Å². The van der Waals surface area contributed by atoms with E-state index in [9.17, 15) is 14.0 Å². The summed E-state index contributed by atoms with van der Waals surface area (Å²) in [6.07, 6.45) is 1.69. The second kappa shape index (κ2) is 10.9. The van der Waals surface area contributed by atoms with Crippen molar-refractivity contribution in [1.82, 2.24) is 5.48 Å². The smallest absolute Gasteiger partial charge is 0.302 e. The maximum absolute atomic E-state index is 12.4. The van der Waals surface area contributed by atoms with Gasteiger partial charge < -0.3 is 4.89 Å². The van der Waals surface area contributed by atoms with Gasteiger partial charge in [-0.2, -0.15) is 14.4 Å². The number of hydrogen-bond donors (Lipinski definition) is 2. The van der Waals surface area contributed by atoms with Gasteiger partial charge in [-0.1, -0.05) is 41.0 Å². The molecule has 0 aliphatic heterocycles. The van der Waals surface area contributed by atoms with E-state index in [-0.39, 0.29) is 25.0 Å². The van der Waals surface area contributed by atoms with E-state index in [0.717, 1.165) is 12.8 Å². The Balaban J connectivity index is 4.68. The summed E-state index contributed by atoms with van der Waals surface area (Å²) < 4.78 is 43.5. The first-order chi connectivity index (χ1) is 10.1. The molecule has 134 valence electrons. The van der Waals surface area contributed by atoms with Gasteiger partial charge in [-0.05, 0) is 18.3 Å². The molecule has 2 N–H and O–H groups in total. The van der Waals surface area contributed by atoms with Crippen LogP contribution in [0.1, 0.15) is 47.5 Å². The van der Waals surface area contributed by atoms with Crippen LogP contribution in [0.5, 0.6) is 0 Å². The molecule has 0 aromatic carbocycles. The molecule has 10 heteroatoms. The lowest BCUT2D eigenvalue weighted by Crippen LogP contribution is -2.17. The number of hydrogen-bond acceptors (Lipinski definition) is 7. The van der Waals surface area contributed by atoms with Gasteiger partial charge in [0.1, 0.15) is 0 Å². The highest BCUT2D eigenvalue weighted by molar-refractivity contribution is 7.61. The largest absolute Gasteiger partial charge is 0.500 e. The van der Waals surface area contributed by atoms with Crippen molar-refractivity contribution >= 4 is 15.6 Å². The molecule has 0 rings (SSSR count). The summed E-state index contributed by atoms with van der Waals surface area (Å²) in [4.78, 5) is 9.62. The lowest BCUT2D eigenvalue weighted by molar-refractivity contribution is 0.0787. The fourth-order valence-corrected chi connectivity index (χ4v) is 3.86. The summed E-state index contributed by atoms with van der Waals surface area (Å²) in [5.41, 5.74) is 2.44. The van der Waals surface area contributed by atoms with Crippen LogP contribution in [0.15, 0.2) is 0 Å². The fourth-order valence-electron chi connectivity index (χ4n) is 1.07. The van der Waals surface area contributed by atoms with Crippen LogP contribution < -0.4 is 5.48 Å². The van der Waals surface area contributed by atoms with Crippen molar-refractivity contribution in [2.45, 2.75) is 47.5 Å². The van der Waals surface area contributed by atoms with Crippen molar-refractivity contribution in [3.8, 4) is 0 Å². The molecule has 0 aromatic heterocycles. The van der Waals surface area contributed by atoms with Crippen LogP contribution in [0.2, 0.25) is 0 Å². The minimum Gasteiger partial charge on any atom is -0.302 e. The van der Waals surface area contributed by atoms with Crippen LogP contribution >= 0.6 is 15.6 Å². The first-order valence-electron chi connectivity index (χ1n) is 7.45. The van der Waals surface area contributed by atoms with Crippen molar-refractivity contribution in [3.05, 3.63) is 0 Å². The minimum atomic E-state index is -4.54. The third-order valence-corrected chi connectivity index (χ3v) is 5.07. The highest BCUT2D eigenvalue weighted by atomic mass is 31.3. The number of nitrogens with one attached hydrogen (secondary N) is 1. The molecule has 0 heterocycles. The average Bonchev–Trinajstić information content (AvgIpc) is 2.39. The van der Waals surface area contributed by atoms with E-state index in [2.05, 4.69) is 9.79 Å². The molecule has 2 unspecified atom stereocenters. The summed E-state index contributed by atoms with van der Waals surface area (Å²) in [5, 5.41) is 0. The molecule has 0 spiro atoms. The zero-order valence-electron chi connectivity index (χ0n) is 14.0. The maximum atomic E-state index is 12.4. The second-order valence-corrected chi connectivity index (χ2v) is 8.90. The fraction of sp³-hybridized carbons (Fsp3) is 1.00. The van der Waals surface area contributed by atoms with Gasteiger partial charge >= 0.3 is 15.6 Å². The van der Waals surface area contributed by atoms with Gasteiger partial charge in [0.2, 0.25) is 0 Å². The van der Waals surface area contributed by atoms with Crippen LogP contribution in [-0.4, -0.2) is 24.7 Å². The average molecular weight is 361 g/mol. The van der Waals surface area contributed by atoms with Crippen molar-refractivity contribution in [3.63, 3.8) is 0 Å². The van der Waals surface area contributed by atoms with E-state index in [1.807, 2.05) is 20.8 Å². The van der Waals surface area contributed by atoms with Gasteiger partial charge in [-0.3, -0.25) is 9.05 Å². The quantitative estimate of drug-likeness (QED) is 0.289. The SMILES string of the molecule is CCCCNOP(=O)(OCC(C)C)OP(=O)(O)OCC(C)C. The maximum Gasteiger partial charge on any atom is 0.500 e. The number of rotatable bonds is 13. The number of hydroxylamine groups is 1. The van der Waals surface area contributed by atoms with E-state index in [1.54, 1.807) is 13.8 Å². The number of phosphoric ester groups is 1. The molecule has 2 atom stereocenters. The Kier molecular flexibility index (Phi) is 11.0. The molecule has 0 saturated carbocycles. The predicted octanol–water partition coefficient (Wildman–Crippen LogP) is 3.88. The molecule has 8 nitrogen and oxygen atoms in total. The first kappa shape index (κ1) is 22.2. The van der Waals surface area contributed by atoms with E-state index in [1.165, 1.54) is 0 Å². The summed E-state index contributed by atoms with van der Waals surface area (Å²) in [6, 6.07) is 0. The standard InChI is InChI=1S/C12H29NO7P2/c1-6-7-8-13-19-22(16,18-10-12(4)5)20-21(14,15)17-9-11(2)3/h11-13H,6-10H2,1-5H3,(H,14,15). The molecule has 22 heavy (non-hydrogen) atoms. The van der Waals surface area contributed by atoms with Crippen molar-refractivity contribution < 1.29 is 32.0 Å². The number of phosphoric acid groups is 2. The lowest BCUT2D eigenvalue weighted by atomic mass is 10.2. The molecule has 0 fully saturated rings. The Labute approximate surface area is 133 Å². The normalized spacial score (nSPS) is 17.6. The van der Waals surface area contributed by atoms with Crippen molar-refractivity contribution in [1.29, 1.82) is 0 Å². The highest BCUT2D eigenvalue weighted by Gasteiger charge is 2.39. The lowest BCUT2D eigenvalue weighted by Gasteiger charge is -2.21. The first-order valence-corrected chi connectivity index (χ1v) is 10.4. The van der Waals surface area contributed by atoms with E-state index >= 15 is 0 Å². The van der Waals surface area contributed by atoms with E-state index in [4.69, 9.17) is 13.7 Å². The molecule has 0 aliphatic carbocycles. The monoisotopic (exact) mass is 361 g/mol. The van der Waals surface area contributed by atoms with Crippen LogP contribution in [0.3, 0.4) is 0 Å². The summed E-state index contributed by atoms with van der Waals surface area (Å²) in [5.74, 6) is 0.0643. The van der Waals surface area contributed by atoms with Crippen LogP contribution in [0, 0.1) is 11.8 Å². The van der Waals surface area contributed by atoms with Crippen LogP contribution in [-0.2, 0) is 27.1 Å². The second-order valence-electron chi connectivity index (χ2n) is 5.72. The van der Waals surface area contributed by atoms with Crippen molar-refractivity contribution in [2.75, 3.05) is 19.8 Å². The molecule has 0 radical (unpaired) electrons. The summed E-state index contributed by atoms with van der Waals surface area (Å²) >= 11 is 0. The molecule has 0 amide bonds. The molecule has 0 aromatic rings. The van der Waals surface area contributed by atoms with Crippen LogP contribution in [0.4, 0.5) is 0 Å². The molecule has 0 aliphatic rings. The Morgan fingerprint density at radius 3 is 2.09 bits per heavy atom. The Morgan fingerprint density at radius 2 is 1.59 bits per heavy atom. The minimum absolute atomic E-state index is 0.0127. The summed E-state index contributed by atoms with van der Waals surface area (Å²) in [7, 11) is -8.78. The Bertz CT molecular complexity index is 390. The van der Waals surface area contributed by atoms with Gasteiger partial charge in [-0.15, -0.1) is 0 Å².